The summed E-state index contributed by atoms with van der Waals surface area (Å²) in [7, 11) is 0. The van der Waals surface area contributed by atoms with Crippen LogP contribution in [-0.4, -0.2) is 41.0 Å². The van der Waals surface area contributed by atoms with E-state index in [-0.39, 0.29) is 28.8 Å². The number of benzene rings is 2. The van der Waals surface area contributed by atoms with Gasteiger partial charge in [-0.15, -0.1) is 0 Å². The van der Waals surface area contributed by atoms with Crippen LogP contribution in [0.3, 0.4) is 0 Å². The van der Waals surface area contributed by atoms with Gasteiger partial charge in [0.15, 0.2) is 0 Å². The van der Waals surface area contributed by atoms with Crippen molar-refractivity contribution in [1.82, 2.24) is 4.90 Å². The van der Waals surface area contributed by atoms with Gasteiger partial charge < -0.3 is 10.1 Å². The molecule has 1 aliphatic heterocycles. The second-order valence-corrected chi connectivity index (χ2v) is 7.34. The van der Waals surface area contributed by atoms with E-state index in [1.165, 1.54) is 12.1 Å². The van der Waals surface area contributed by atoms with Crippen LogP contribution in [0.25, 0.3) is 0 Å². The molecule has 1 N–H and O–H groups in total. The standard InChI is InChI=1S/C20H22ClN3O4/c1-13-11-23(12-14(2)28-13)19(15-6-4-3-5-7-15)20(25)22-16-8-9-17(21)18(10-16)24(26)27/h3-10,13-14,19H,11-12H2,1-2H3,(H,22,25)/t13-,14+,19-/m0/s1. The number of halogens is 1. The van der Waals surface area contributed by atoms with E-state index < -0.39 is 11.0 Å². The van der Waals surface area contributed by atoms with Gasteiger partial charge in [0.1, 0.15) is 11.1 Å². The topological polar surface area (TPSA) is 84.7 Å². The Morgan fingerprint density at radius 1 is 1.21 bits per heavy atom. The summed E-state index contributed by atoms with van der Waals surface area (Å²) >= 11 is 5.86. The summed E-state index contributed by atoms with van der Waals surface area (Å²) in [6.45, 7) is 5.17. The number of hydrogen-bond donors (Lipinski definition) is 1. The largest absolute Gasteiger partial charge is 0.373 e. The Morgan fingerprint density at radius 2 is 1.86 bits per heavy atom. The number of nitrogens with zero attached hydrogens (tertiary/aromatic N) is 2. The molecule has 1 amide bonds. The molecule has 0 bridgehead atoms. The number of amides is 1. The smallest absolute Gasteiger partial charge is 0.289 e. The number of carbonyl (C=O) groups excluding carboxylic acids is 1. The van der Waals surface area contributed by atoms with Crippen LogP contribution in [0.1, 0.15) is 25.5 Å². The lowest BCUT2D eigenvalue weighted by atomic mass is 10.0. The number of morpholine rings is 1. The number of ether oxygens (including phenoxy) is 1. The van der Waals surface area contributed by atoms with Gasteiger partial charge in [0, 0.05) is 24.8 Å². The Balaban J connectivity index is 1.89. The molecule has 8 heteroatoms. The molecule has 0 saturated carbocycles. The first-order valence-electron chi connectivity index (χ1n) is 9.04. The number of nitrogens with one attached hydrogen (secondary N) is 1. The second kappa shape index (κ2) is 8.68. The van der Waals surface area contributed by atoms with Crippen molar-refractivity contribution in [3.05, 3.63) is 69.2 Å². The number of carbonyl (C=O) groups is 1. The van der Waals surface area contributed by atoms with Crippen molar-refractivity contribution in [1.29, 1.82) is 0 Å². The fourth-order valence-electron chi connectivity index (χ4n) is 3.53. The molecule has 7 nitrogen and oxygen atoms in total. The zero-order valence-corrected chi connectivity index (χ0v) is 16.4. The lowest BCUT2D eigenvalue weighted by molar-refractivity contribution is -0.384. The quantitative estimate of drug-likeness (QED) is 0.601. The van der Waals surface area contributed by atoms with Crippen LogP contribution in [-0.2, 0) is 9.53 Å². The van der Waals surface area contributed by atoms with Crippen LogP contribution in [0.2, 0.25) is 5.02 Å². The molecular weight excluding hydrogens is 382 g/mol. The molecule has 148 valence electrons. The highest BCUT2D eigenvalue weighted by Crippen LogP contribution is 2.30. The van der Waals surface area contributed by atoms with Crippen molar-refractivity contribution in [2.75, 3.05) is 18.4 Å². The number of nitro benzene ring substituents is 1. The lowest BCUT2D eigenvalue weighted by Crippen LogP contribution is -2.49. The van der Waals surface area contributed by atoms with Crippen molar-refractivity contribution < 1.29 is 14.5 Å². The van der Waals surface area contributed by atoms with Crippen molar-refractivity contribution in [2.24, 2.45) is 0 Å². The van der Waals surface area contributed by atoms with Gasteiger partial charge in [-0.2, -0.15) is 0 Å². The Labute approximate surface area is 168 Å². The maximum Gasteiger partial charge on any atom is 0.289 e. The average molecular weight is 404 g/mol. The van der Waals surface area contributed by atoms with E-state index >= 15 is 0 Å². The zero-order chi connectivity index (χ0) is 20.3. The van der Waals surface area contributed by atoms with E-state index in [1.807, 2.05) is 44.2 Å². The lowest BCUT2D eigenvalue weighted by Gasteiger charge is -2.39. The molecule has 28 heavy (non-hydrogen) atoms. The molecule has 2 aromatic rings. The van der Waals surface area contributed by atoms with Gasteiger partial charge in [-0.05, 0) is 31.5 Å². The van der Waals surface area contributed by atoms with Crippen molar-refractivity contribution in [3.63, 3.8) is 0 Å². The normalized spacial score (nSPS) is 21.1. The summed E-state index contributed by atoms with van der Waals surface area (Å²) in [5, 5.41) is 14.0. The number of anilines is 1. The summed E-state index contributed by atoms with van der Waals surface area (Å²) in [5.41, 5.74) is 0.936. The Kier molecular flexibility index (Phi) is 6.28. The van der Waals surface area contributed by atoms with Crippen LogP contribution >= 0.6 is 11.6 Å². The van der Waals surface area contributed by atoms with Crippen molar-refractivity contribution >= 4 is 28.9 Å². The van der Waals surface area contributed by atoms with Crippen LogP contribution in [0.5, 0.6) is 0 Å². The minimum Gasteiger partial charge on any atom is -0.373 e. The first-order chi connectivity index (χ1) is 13.3. The molecule has 3 rings (SSSR count). The molecule has 0 aromatic heterocycles. The van der Waals surface area contributed by atoms with Crippen LogP contribution in [0.4, 0.5) is 11.4 Å². The third-order valence-electron chi connectivity index (χ3n) is 4.59. The van der Waals surface area contributed by atoms with E-state index in [1.54, 1.807) is 6.07 Å². The van der Waals surface area contributed by atoms with Gasteiger partial charge in [-0.1, -0.05) is 41.9 Å². The van der Waals surface area contributed by atoms with Crippen molar-refractivity contribution in [3.8, 4) is 0 Å². The highest BCUT2D eigenvalue weighted by molar-refractivity contribution is 6.32. The fourth-order valence-corrected chi connectivity index (χ4v) is 3.72. The molecule has 0 spiro atoms. The summed E-state index contributed by atoms with van der Waals surface area (Å²) in [6, 6.07) is 13.2. The first-order valence-corrected chi connectivity index (χ1v) is 9.42. The molecule has 1 saturated heterocycles. The van der Waals surface area contributed by atoms with E-state index in [2.05, 4.69) is 10.2 Å². The highest BCUT2D eigenvalue weighted by Gasteiger charge is 2.33. The van der Waals surface area contributed by atoms with Gasteiger partial charge in [-0.3, -0.25) is 19.8 Å². The minimum atomic E-state index is -0.571. The number of nitro groups is 1. The molecule has 1 heterocycles. The fraction of sp³-hybridized carbons (Fsp3) is 0.350. The second-order valence-electron chi connectivity index (χ2n) is 6.94. The molecule has 1 aliphatic rings. The van der Waals surface area contributed by atoms with E-state index in [0.717, 1.165) is 5.56 Å². The number of rotatable bonds is 5. The minimum absolute atomic E-state index is 0.000573. The molecule has 2 aromatic carbocycles. The monoisotopic (exact) mass is 403 g/mol. The van der Waals surface area contributed by atoms with Gasteiger partial charge in [0.05, 0.1) is 17.1 Å². The third kappa shape index (κ3) is 4.67. The molecular formula is C20H22ClN3O4. The maximum atomic E-state index is 13.2. The molecule has 0 radical (unpaired) electrons. The summed E-state index contributed by atoms with van der Waals surface area (Å²) in [6.07, 6.45) is -0.00115. The molecule has 3 atom stereocenters. The van der Waals surface area contributed by atoms with Gasteiger partial charge in [0.2, 0.25) is 5.91 Å². The first kappa shape index (κ1) is 20.3. The van der Waals surface area contributed by atoms with E-state index in [4.69, 9.17) is 16.3 Å². The van der Waals surface area contributed by atoms with Gasteiger partial charge in [0.25, 0.3) is 5.69 Å². The summed E-state index contributed by atoms with van der Waals surface area (Å²) < 4.78 is 5.79. The van der Waals surface area contributed by atoms with E-state index in [9.17, 15) is 14.9 Å². The Bertz CT molecular complexity index is 852. The van der Waals surface area contributed by atoms with Crippen LogP contribution in [0.15, 0.2) is 48.5 Å². The predicted octanol–water partition coefficient (Wildman–Crippen LogP) is 4.04. The highest BCUT2D eigenvalue weighted by atomic mass is 35.5. The van der Waals surface area contributed by atoms with Crippen LogP contribution < -0.4 is 5.32 Å². The summed E-state index contributed by atoms with van der Waals surface area (Å²) in [5.74, 6) is -0.260. The average Bonchev–Trinajstić information content (AvgIpc) is 2.63. The van der Waals surface area contributed by atoms with Crippen molar-refractivity contribution in [2.45, 2.75) is 32.1 Å². The SMILES string of the molecule is C[C@@H]1CN([C@H](C(=O)Nc2ccc(Cl)c([N+](=O)[O-])c2)c2ccccc2)C[C@H](C)O1. The molecule has 0 aliphatic carbocycles. The predicted molar refractivity (Wildman–Crippen MR) is 108 cm³/mol. The Morgan fingerprint density at radius 3 is 2.46 bits per heavy atom. The third-order valence-corrected chi connectivity index (χ3v) is 4.91. The summed E-state index contributed by atoms with van der Waals surface area (Å²) in [4.78, 5) is 25.8. The zero-order valence-electron chi connectivity index (χ0n) is 15.7. The molecule has 0 unspecified atom stereocenters. The molecule has 1 fully saturated rings. The van der Waals surface area contributed by atoms with E-state index in [0.29, 0.717) is 18.8 Å². The number of hydrogen-bond acceptors (Lipinski definition) is 5. The van der Waals surface area contributed by atoms with Crippen LogP contribution in [0, 0.1) is 10.1 Å². The maximum absolute atomic E-state index is 13.2. The van der Waals surface area contributed by atoms with Gasteiger partial charge in [-0.25, -0.2) is 0 Å². The van der Waals surface area contributed by atoms with Gasteiger partial charge >= 0.3 is 0 Å². The Hall–Kier alpha value is -2.48.